The number of aryl methyl sites for hydroxylation is 2. The summed E-state index contributed by atoms with van der Waals surface area (Å²) in [5.74, 6) is 0.295. The summed E-state index contributed by atoms with van der Waals surface area (Å²) in [6.07, 6.45) is 1.60. The summed E-state index contributed by atoms with van der Waals surface area (Å²) in [4.78, 5) is 26.0. The first-order valence-electron chi connectivity index (χ1n) is 10.6. The van der Waals surface area contributed by atoms with Gasteiger partial charge in [-0.3, -0.25) is 9.59 Å². The summed E-state index contributed by atoms with van der Waals surface area (Å²) in [5.41, 5.74) is 2.61. The first-order valence-corrected chi connectivity index (χ1v) is 10.6. The number of halogens is 1. The third kappa shape index (κ3) is 4.36. The van der Waals surface area contributed by atoms with Crippen LogP contribution in [0, 0.1) is 19.7 Å². The van der Waals surface area contributed by atoms with E-state index < -0.39 is 5.91 Å². The molecule has 0 spiro atoms. The fraction of sp³-hybridized carbons (Fsp3) is 0.240. The van der Waals surface area contributed by atoms with E-state index in [-0.39, 0.29) is 17.9 Å². The van der Waals surface area contributed by atoms with Crippen molar-refractivity contribution < 1.29 is 18.7 Å². The minimum atomic E-state index is -0.430. The van der Waals surface area contributed by atoms with Gasteiger partial charge in [0.15, 0.2) is 0 Å². The third-order valence-electron chi connectivity index (χ3n) is 5.83. The Bertz CT molecular complexity index is 1420. The smallest absolute Gasteiger partial charge is 0.276 e. The fourth-order valence-corrected chi connectivity index (χ4v) is 4.00. The Morgan fingerprint density at radius 3 is 2.47 bits per heavy atom. The number of carbonyl (C=O) groups excluding carboxylic acids is 1. The van der Waals surface area contributed by atoms with E-state index in [2.05, 4.69) is 10.4 Å². The molecule has 2 heterocycles. The van der Waals surface area contributed by atoms with E-state index >= 15 is 0 Å². The zero-order valence-corrected chi connectivity index (χ0v) is 19.4. The molecule has 8 nitrogen and oxygen atoms in total. The first-order chi connectivity index (χ1) is 16.3. The Labute approximate surface area is 195 Å². The van der Waals surface area contributed by atoms with Crippen LogP contribution in [0.25, 0.3) is 10.8 Å². The van der Waals surface area contributed by atoms with Crippen molar-refractivity contribution in [2.24, 2.45) is 0 Å². The molecule has 0 bridgehead atoms. The number of fused-ring (bicyclic) bond motifs is 1. The molecule has 0 aliphatic carbocycles. The monoisotopic (exact) mass is 464 g/mol. The van der Waals surface area contributed by atoms with Crippen molar-refractivity contribution in [2.45, 2.75) is 26.9 Å². The summed E-state index contributed by atoms with van der Waals surface area (Å²) < 4.78 is 26.9. The predicted octanol–water partition coefficient (Wildman–Crippen LogP) is 3.66. The van der Waals surface area contributed by atoms with Gasteiger partial charge in [0, 0.05) is 29.4 Å². The molecule has 0 saturated carbocycles. The molecule has 2 aromatic carbocycles. The van der Waals surface area contributed by atoms with Crippen LogP contribution in [-0.4, -0.2) is 34.5 Å². The van der Waals surface area contributed by atoms with Gasteiger partial charge in [0.1, 0.15) is 23.9 Å². The van der Waals surface area contributed by atoms with Crippen molar-refractivity contribution in [3.8, 4) is 11.5 Å². The van der Waals surface area contributed by atoms with Crippen molar-refractivity contribution in [3.05, 3.63) is 81.8 Å². The molecule has 0 aliphatic heterocycles. The molecule has 0 atom stereocenters. The molecule has 0 saturated heterocycles. The maximum atomic E-state index is 13.3. The van der Waals surface area contributed by atoms with Crippen molar-refractivity contribution in [1.82, 2.24) is 14.3 Å². The molecule has 1 N–H and O–H groups in total. The topological polar surface area (TPSA) is 87.4 Å². The van der Waals surface area contributed by atoms with Gasteiger partial charge in [-0.2, -0.15) is 5.10 Å². The number of rotatable bonds is 7. The van der Waals surface area contributed by atoms with E-state index in [1.165, 1.54) is 26.4 Å². The Morgan fingerprint density at radius 1 is 1.06 bits per heavy atom. The molecule has 4 aromatic rings. The van der Waals surface area contributed by atoms with Crippen molar-refractivity contribution >= 4 is 22.4 Å². The van der Waals surface area contributed by atoms with Crippen LogP contribution >= 0.6 is 0 Å². The molecule has 176 valence electrons. The number of nitrogens with one attached hydrogen (secondary N) is 1. The minimum absolute atomic E-state index is 0.267. The quantitative estimate of drug-likeness (QED) is 0.451. The van der Waals surface area contributed by atoms with Crippen molar-refractivity contribution in [3.63, 3.8) is 0 Å². The number of hydrogen-bond donors (Lipinski definition) is 1. The molecule has 1 amide bonds. The normalized spacial score (nSPS) is 11.0. The Balaban J connectivity index is 1.63. The van der Waals surface area contributed by atoms with Crippen LogP contribution in [0.15, 0.2) is 53.5 Å². The van der Waals surface area contributed by atoms with Crippen molar-refractivity contribution in [1.29, 1.82) is 0 Å². The maximum absolute atomic E-state index is 13.3. The fourth-order valence-electron chi connectivity index (χ4n) is 4.00. The molecule has 2 aromatic heterocycles. The number of carbonyl (C=O) groups is 1. The minimum Gasteiger partial charge on any atom is -0.497 e. The average Bonchev–Trinajstić information content (AvgIpc) is 3.07. The number of anilines is 1. The second-order valence-corrected chi connectivity index (χ2v) is 7.89. The van der Waals surface area contributed by atoms with E-state index in [0.29, 0.717) is 29.1 Å². The van der Waals surface area contributed by atoms with Crippen LogP contribution in [0.3, 0.4) is 0 Å². The standard InChI is InChI=1S/C25H25FN4O4/c1-15-20-12-27-30(14-23(31)28-21-11-19(33-3)9-10-22(21)34-4)25(32)24(20)16(2)29(15)13-17-5-7-18(26)8-6-17/h5-12H,13-14H2,1-4H3,(H,28,31). The van der Waals surface area contributed by atoms with E-state index in [9.17, 15) is 14.0 Å². The van der Waals surface area contributed by atoms with Crippen LogP contribution in [0.2, 0.25) is 0 Å². The van der Waals surface area contributed by atoms with Gasteiger partial charge in [-0.05, 0) is 43.7 Å². The molecule has 0 fully saturated rings. The highest BCUT2D eigenvalue weighted by atomic mass is 19.1. The highest BCUT2D eigenvalue weighted by Crippen LogP contribution is 2.29. The van der Waals surface area contributed by atoms with Gasteiger partial charge in [-0.15, -0.1) is 0 Å². The predicted molar refractivity (Wildman–Crippen MR) is 127 cm³/mol. The van der Waals surface area contributed by atoms with Crippen LogP contribution in [-0.2, 0) is 17.9 Å². The summed E-state index contributed by atoms with van der Waals surface area (Å²) in [7, 11) is 3.03. The van der Waals surface area contributed by atoms with Gasteiger partial charge in [-0.25, -0.2) is 9.07 Å². The van der Waals surface area contributed by atoms with Crippen LogP contribution < -0.4 is 20.3 Å². The van der Waals surface area contributed by atoms with E-state index in [1.807, 2.05) is 18.4 Å². The molecular weight excluding hydrogens is 439 g/mol. The lowest BCUT2D eigenvalue weighted by molar-refractivity contribution is -0.117. The third-order valence-corrected chi connectivity index (χ3v) is 5.83. The Hall–Kier alpha value is -4.14. The lowest BCUT2D eigenvalue weighted by Gasteiger charge is -2.12. The van der Waals surface area contributed by atoms with Crippen LogP contribution in [0.1, 0.15) is 17.0 Å². The summed E-state index contributed by atoms with van der Waals surface area (Å²) in [6.45, 7) is 3.98. The highest BCUT2D eigenvalue weighted by Gasteiger charge is 2.18. The Morgan fingerprint density at radius 2 is 1.79 bits per heavy atom. The molecular formula is C25H25FN4O4. The first kappa shape index (κ1) is 23.0. The molecule has 0 radical (unpaired) electrons. The van der Waals surface area contributed by atoms with E-state index in [4.69, 9.17) is 9.47 Å². The SMILES string of the molecule is COc1ccc(OC)c(NC(=O)Cn2ncc3c(C)n(Cc4ccc(F)cc4)c(C)c3c2=O)c1. The lowest BCUT2D eigenvalue weighted by atomic mass is 10.2. The number of amides is 1. The van der Waals surface area contributed by atoms with Gasteiger partial charge >= 0.3 is 0 Å². The highest BCUT2D eigenvalue weighted by molar-refractivity contribution is 5.93. The molecule has 0 unspecified atom stereocenters. The summed E-state index contributed by atoms with van der Waals surface area (Å²) >= 11 is 0. The van der Waals surface area contributed by atoms with E-state index in [1.54, 1.807) is 36.5 Å². The molecule has 0 aliphatic rings. The largest absolute Gasteiger partial charge is 0.497 e. The van der Waals surface area contributed by atoms with Crippen molar-refractivity contribution in [2.75, 3.05) is 19.5 Å². The zero-order valence-electron chi connectivity index (χ0n) is 19.4. The zero-order chi connectivity index (χ0) is 24.4. The van der Waals surface area contributed by atoms with Gasteiger partial charge in [0.25, 0.3) is 5.56 Å². The molecule has 4 rings (SSSR count). The number of benzene rings is 2. The second-order valence-electron chi connectivity index (χ2n) is 7.89. The number of nitrogens with zero attached hydrogens (tertiary/aromatic N) is 3. The van der Waals surface area contributed by atoms with Crippen LogP contribution in [0.5, 0.6) is 11.5 Å². The van der Waals surface area contributed by atoms with Crippen LogP contribution in [0.4, 0.5) is 10.1 Å². The molecule has 9 heteroatoms. The van der Waals surface area contributed by atoms with Gasteiger partial charge < -0.3 is 19.4 Å². The summed E-state index contributed by atoms with van der Waals surface area (Å²) in [6, 6.07) is 11.3. The van der Waals surface area contributed by atoms with E-state index in [0.717, 1.165) is 27.0 Å². The second kappa shape index (κ2) is 9.38. The summed E-state index contributed by atoms with van der Waals surface area (Å²) in [5, 5.41) is 8.19. The average molecular weight is 464 g/mol. The number of aromatic nitrogens is 3. The lowest BCUT2D eigenvalue weighted by Crippen LogP contribution is -2.29. The van der Waals surface area contributed by atoms with Gasteiger partial charge in [0.05, 0.1) is 31.5 Å². The van der Waals surface area contributed by atoms with Gasteiger partial charge in [0.2, 0.25) is 5.91 Å². The Kier molecular flexibility index (Phi) is 6.36. The number of hydrogen-bond acceptors (Lipinski definition) is 5. The molecule has 34 heavy (non-hydrogen) atoms. The number of ether oxygens (including phenoxy) is 2. The number of methoxy groups -OCH3 is 2. The van der Waals surface area contributed by atoms with Gasteiger partial charge in [-0.1, -0.05) is 12.1 Å². The maximum Gasteiger partial charge on any atom is 0.276 e.